The molecule has 0 aliphatic carbocycles. The van der Waals surface area contributed by atoms with Crippen molar-refractivity contribution in [2.24, 2.45) is 0 Å². The molecule has 0 radical (unpaired) electrons. The average molecular weight is 229 g/mol. The van der Waals surface area contributed by atoms with E-state index >= 15 is 0 Å². The van der Waals surface area contributed by atoms with Crippen LogP contribution in [-0.4, -0.2) is 31.7 Å². The lowest BCUT2D eigenvalue weighted by Gasteiger charge is -2.16. The molecule has 0 spiro atoms. The summed E-state index contributed by atoms with van der Waals surface area (Å²) in [5.41, 5.74) is 0.829. The Balaban J connectivity index is 3.11. The van der Waals surface area contributed by atoms with E-state index in [2.05, 4.69) is 9.97 Å². The molecule has 0 bridgehead atoms. The van der Waals surface area contributed by atoms with Crippen LogP contribution in [0.5, 0.6) is 0 Å². The topological polar surface area (TPSA) is 63.2 Å². The van der Waals surface area contributed by atoms with Gasteiger partial charge in [0.15, 0.2) is 0 Å². The van der Waals surface area contributed by atoms with E-state index < -0.39 is 10.0 Å². The predicted octanol–water partition coefficient (Wildman–Crippen LogP) is 0.996. The van der Waals surface area contributed by atoms with E-state index in [0.717, 1.165) is 16.3 Å². The first kappa shape index (κ1) is 11.9. The highest BCUT2D eigenvalue weighted by molar-refractivity contribution is 7.92. The molecule has 0 unspecified atom stereocenters. The highest BCUT2D eigenvalue weighted by Gasteiger charge is 2.14. The Kier molecular flexibility index (Phi) is 3.28. The van der Waals surface area contributed by atoms with Crippen LogP contribution in [0.25, 0.3) is 0 Å². The fourth-order valence-electron chi connectivity index (χ4n) is 1.02. The minimum Gasteiger partial charge on any atom is -0.257 e. The van der Waals surface area contributed by atoms with E-state index in [1.807, 2.05) is 13.8 Å². The van der Waals surface area contributed by atoms with Crippen LogP contribution in [0, 0.1) is 0 Å². The zero-order valence-electron chi connectivity index (χ0n) is 9.30. The second-order valence-corrected chi connectivity index (χ2v) is 5.70. The fraction of sp³-hybridized carbons (Fsp3) is 0.556. The van der Waals surface area contributed by atoms with Crippen LogP contribution in [0.15, 0.2) is 12.4 Å². The third-order valence-electron chi connectivity index (χ3n) is 2.09. The third-order valence-corrected chi connectivity index (χ3v) is 3.27. The average Bonchev–Trinajstić information content (AvgIpc) is 2.15. The molecule has 0 aliphatic rings. The van der Waals surface area contributed by atoms with E-state index in [1.54, 1.807) is 6.07 Å². The van der Waals surface area contributed by atoms with Crippen LogP contribution in [0.2, 0.25) is 0 Å². The number of hydrogen-bond acceptors (Lipinski definition) is 4. The Morgan fingerprint density at radius 2 is 1.93 bits per heavy atom. The third kappa shape index (κ3) is 2.89. The van der Waals surface area contributed by atoms with Crippen LogP contribution >= 0.6 is 0 Å². The van der Waals surface area contributed by atoms with Crippen molar-refractivity contribution in [1.29, 1.82) is 0 Å². The van der Waals surface area contributed by atoms with E-state index in [1.165, 1.54) is 13.4 Å². The summed E-state index contributed by atoms with van der Waals surface area (Å²) in [6.45, 7) is 3.99. The zero-order valence-corrected chi connectivity index (χ0v) is 10.1. The second kappa shape index (κ2) is 4.14. The standard InChI is InChI=1S/C9H15N3O2S/c1-7(2)8-5-9(11-6-10-8)12(3)15(4,13)14/h5-7H,1-4H3. The summed E-state index contributed by atoms with van der Waals surface area (Å²) in [4.78, 5) is 7.99. The van der Waals surface area contributed by atoms with Crippen molar-refractivity contribution in [3.63, 3.8) is 0 Å². The molecule has 1 aromatic heterocycles. The molecule has 0 fully saturated rings. The smallest absolute Gasteiger partial charge is 0.233 e. The summed E-state index contributed by atoms with van der Waals surface area (Å²) < 4.78 is 23.7. The quantitative estimate of drug-likeness (QED) is 0.775. The molecule has 0 N–H and O–H groups in total. The molecule has 5 nitrogen and oxygen atoms in total. The largest absolute Gasteiger partial charge is 0.257 e. The van der Waals surface area contributed by atoms with E-state index in [4.69, 9.17) is 0 Å². The Labute approximate surface area is 90.2 Å². The number of nitrogens with zero attached hydrogens (tertiary/aromatic N) is 3. The maximum Gasteiger partial charge on any atom is 0.233 e. The molecular formula is C9H15N3O2S. The van der Waals surface area contributed by atoms with E-state index in [-0.39, 0.29) is 5.92 Å². The van der Waals surface area contributed by atoms with Gasteiger partial charge in [-0.3, -0.25) is 4.31 Å². The first-order valence-electron chi connectivity index (χ1n) is 4.58. The molecule has 0 aliphatic heterocycles. The molecule has 1 aromatic rings. The van der Waals surface area contributed by atoms with Crippen molar-refractivity contribution < 1.29 is 8.42 Å². The molecule has 84 valence electrons. The van der Waals surface area contributed by atoms with Gasteiger partial charge in [0, 0.05) is 18.8 Å². The van der Waals surface area contributed by atoms with Crippen LogP contribution < -0.4 is 4.31 Å². The normalized spacial score (nSPS) is 11.8. The van der Waals surface area contributed by atoms with Gasteiger partial charge in [0.25, 0.3) is 0 Å². The molecule has 1 heterocycles. The number of anilines is 1. The van der Waals surface area contributed by atoms with Crippen LogP contribution in [-0.2, 0) is 10.0 Å². The number of hydrogen-bond donors (Lipinski definition) is 0. The van der Waals surface area contributed by atoms with Gasteiger partial charge in [0.05, 0.1) is 6.26 Å². The van der Waals surface area contributed by atoms with Gasteiger partial charge in [-0.15, -0.1) is 0 Å². The van der Waals surface area contributed by atoms with Gasteiger partial charge in [-0.2, -0.15) is 0 Å². The first-order valence-corrected chi connectivity index (χ1v) is 6.43. The Morgan fingerprint density at radius 3 is 2.40 bits per heavy atom. The second-order valence-electron chi connectivity index (χ2n) is 3.69. The van der Waals surface area contributed by atoms with E-state index in [0.29, 0.717) is 5.82 Å². The number of sulfonamides is 1. The van der Waals surface area contributed by atoms with E-state index in [9.17, 15) is 8.42 Å². The van der Waals surface area contributed by atoms with Gasteiger partial charge in [-0.05, 0) is 5.92 Å². The van der Waals surface area contributed by atoms with Crippen molar-refractivity contribution in [2.45, 2.75) is 19.8 Å². The Morgan fingerprint density at radius 1 is 1.33 bits per heavy atom. The molecule has 6 heteroatoms. The highest BCUT2D eigenvalue weighted by Crippen LogP contribution is 2.17. The van der Waals surface area contributed by atoms with Crippen molar-refractivity contribution in [3.8, 4) is 0 Å². The summed E-state index contributed by atoms with van der Waals surface area (Å²) >= 11 is 0. The summed E-state index contributed by atoms with van der Waals surface area (Å²) in [7, 11) is -1.78. The van der Waals surface area contributed by atoms with Gasteiger partial charge in [-0.1, -0.05) is 13.8 Å². The molecule has 1 rings (SSSR count). The minimum atomic E-state index is -3.26. The summed E-state index contributed by atoms with van der Waals surface area (Å²) in [6, 6.07) is 1.69. The van der Waals surface area contributed by atoms with Crippen molar-refractivity contribution in [1.82, 2.24) is 9.97 Å². The SMILES string of the molecule is CC(C)c1cc(N(C)S(C)(=O)=O)ncn1. The monoisotopic (exact) mass is 229 g/mol. The van der Waals surface area contributed by atoms with Crippen LogP contribution in [0.3, 0.4) is 0 Å². The predicted molar refractivity (Wildman–Crippen MR) is 59.4 cm³/mol. The van der Waals surface area contributed by atoms with Crippen molar-refractivity contribution in [2.75, 3.05) is 17.6 Å². The van der Waals surface area contributed by atoms with Gasteiger partial charge in [0.1, 0.15) is 12.1 Å². The minimum absolute atomic E-state index is 0.250. The summed E-state index contributed by atoms with van der Waals surface area (Å²) in [5, 5.41) is 0. The Bertz CT molecular complexity index is 442. The van der Waals surface area contributed by atoms with Gasteiger partial charge in [-0.25, -0.2) is 18.4 Å². The number of rotatable bonds is 3. The molecule has 0 saturated heterocycles. The van der Waals surface area contributed by atoms with Gasteiger partial charge in [0.2, 0.25) is 10.0 Å². The lowest BCUT2D eigenvalue weighted by atomic mass is 10.1. The fourth-order valence-corrected chi connectivity index (χ4v) is 1.46. The molecule has 0 saturated carbocycles. The molecular weight excluding hydrogens is 214 g/mol. The lowest BCUT2D eigenvalue weighted by molar-refractivity contribution is 0.599. The highest BCUT2D eigenvalue weighted by atomic mass is 32.2. The summed E-state index contributed by atoms with van der Waals surface area (Å²) in [6.07, 6.45) is 2.52. The maximum atomic E-state index is 11.3. The van der Waals surface area contributed by atoms with Gasteiger partial charge >= 0.3 is 0 Å². The first-order chi connectivity index (χ1) is 6.82. The van der Waals surface area contributed by atoms with Crippen LogP contribution in [0.4, 0.5) is 5.82 Å². The van der Waals surface area contributed by atoms with Crippen LogP contribution in [0.1, 0.15) is 25.5 Å². The zero-order chi connectivity index (χ0) is 11.6. The van der Waals surface area contributed by atoms with Crippen molar-refractivity contribution in [3.05, 3.63) is 18.1 Å². The molecule has 0 amide bonds. The molecule has 0 atom stereocenters. The van der Waals surface area contributed by atoms with Gasteiger partial charge < -0.3 is 0 Å². The maximum absolute atomic E-state index is 11.3. The molecule has 15 heavy (non-hydrogen) atoms. The summed E-state index contributed by atoms with van der Waals surface area (Å²) in [5.74, 6) is 0.649. The number of aromatic nitrogens is 2. The Hall–Kier alpha value is -1.17. The van der Waals surface area contributed by atoms with Crippen molar-refractivity contribution >= 4 is 15.8 Å². The molecule has 0 aromatic carbocycles. The lowest BCUT2D eigenvalue weighted by Crippen LogP contribution is -2.26.